The van der Waals surface area contributed by atoms with Gasteiger partial charge >= 0.3 is 5.69 Å². The minimum Gasteiger partial charge on any atom is -0.381 e. The lowest BCUT2D eigenvalue weighted by Gasteiger charge is -2.31. The van der Waals surface area contributed by atoms with Crippen molar-refractivity contribution >= 4 is 33.7 Å². The molecule has 1 aliphatic heterocycles. The minimum atomic E-state index is -1.06. The van der Waals surface area contributed by atoms with Gasteiger partial charge in [-0.05, 0) is 30.7 Å². The second kappa shape index (κ2) is 7.39. The zero-order valence-corrected chi connectivity index (χ0v) is 17.6. The molecule has 4 aromatic rings. The van der Waals surface area contributed by atoms with Crippen LogP contribution in [-0.2, 0) is 17.3 Å². The van der Waals surface area contributed by atoms with E-state index in [2.05, 4.69) is 26.3 Å². The van der Waals surface area contributed by atoms with Crippen molar-refractivity contribution in [2.75, 3.05) is 18.5 Å². The molecule has 32 heavy (non-hydrogen) atoms. The van der Waals surface area contributed by atoms with Gasteiger partial charge in [0, 0.05) is 44.7 Å². The van der Waals surface area contributed by atoms with E-state index in [4.69, 9.17) is 4.74 Å². The maximum Gasteiger partial charge on any atom is 0.331 e. The molecule has 0 bridgehead atoms. The quantitative estimate of drug-likeness (QED) is 0.529. The van der Waals surface area contributed by atoms with Gasteiger partial charge in [0.1, 0.15) is 11.1 Å². The molecule has 1 aliphatic rings. The van der Waals surface area contributed by atoms with Gasteiger partial charge in [-0.2, -0.15) is 10.2 Å². The second-order valence-electron chi connectivity index (χ2n) is 7.91. The average Bonchev–Trinajstić information content (AvgIpc) is 3.07. The maximum absolute atomic E-state index is 15.2. The number of fused-ring (bicyclic) bond motifs is 2. The van der Waals surface area contributed by atoms with Crippen molar-refractivity contribution in [3.63, 3.8) is 0 Å². The smallest absolute Gasteiger partial charge is 0.331 e. The first-order valence-electron chi connectivity index (χ1n) is 10.2. The molecular formula is C22H20FN7O2. The summed E-state index contributed by atoms with van der Waals surface area (Å²) in [6.07, 6.45) is 3.87. The van der Waals surface area contributed by atoms with Crippen LogP contribution in [0.4, 0.5) is 16.0 Å². The van der Waals surface area contributed by atoms with E-state index in [9.17, 15) is 10.1 Å². The fourth-order valence-corrected chi connectivity index (χ4v) is 4.22. The number of hydrogen-bond donors (Lipinski definition) is 1. The number of nitriles is 1. The molecule has 10 heteroatoms. The van der Waals surface area contributed by atoms with E-state index in [1.165, 1.54) is 15.3 Å². The van der Waals surface area contributed by atoms with Crippen molar-refractivity contribution in [3.05, 3.63) is 52.5 Å². The molecule has 1 saturated heterocycles. The topological polar surface area (TPSA) is 111 Å². The Morgan fingerprint density at radius 2 is 2.09 bits per heavy atom. The van der Waals surface area contributed by atoms with Crippen molar-refractivity contribution in [1.82, 2.24) is 24.1 Å². The van der Waals surface area contributed by atoms with E-state index < -0.39 is 11.4 Å². The lowest BCUT2D eigenvalue weighted by atomic mass is 9.91. The Bertz CT molecular complexity index is 1460. The van der Waals surface area contributed by atoms with Gasteiger partial charge in [0.25, 0.3) is 0 Å². The molecule has 1 aromatic carbocycles. The van der Waals surface area contributed by atoms with Crippen LogP contribution in [0.3, 0.4) is 0 Å². The third kappa shape index (κ3) is 2.93. The summed E-state index contributed by atoms with van der Waals surface area (Å²) in [5, 5.41) is 13.3. The van der Waals surface area contributed by atoms with Crippen molar-refractivity contribution in [1.29, 1.82) is 5.26 Å². The number of nitrogens with one attached hydrogen (secondary N) is 1. The summed E-state index contributed by atoms with van der Waals surface area (Å²) in [6, 6.07) is 7.42. The zero-order chi connectivity index (χ0) is 22.5. The van der Waals surface area contributed by atoms with Crippen molar-refractivity contribution in [2.24, 2.45) is 7.05 Å². The largest absolute Gasteiger partial charge is 0.381 e. The monoisotopic (exact) mass is 433 g/mol. The Labute approximate surface area is 182 Å². The number of pyridine rings is 1. The zero-order valence-electron chi connectivity index (χ0n) is 17.6. The predicted octanol–water partition coefficient (Wildman–Crippen LogP) is 2.90. The van der Waals surface area contributed by atoms with E-state index in [0.717, 1.165) is 0 Å². The van der Waals surface area contributed by atoms with Crippen LogP contribution in [0.15, 0.2) is 35.4 Å². The number of imidazole rings is 1. The first kappa shape index (κ1) is 20.1. The van der Waals surface area contributed by atoms with Crippen molar-refractivity contribution in [2.45, 2.75) is 25.3 Å². The van der Waals surface area contributed by atoms with Crippen LogP contribution in [0.2, 0.25) is 0 Å². The molecule has 0 atom stereocenters. The molecule has 0 saturated carbocycles. The highest BCUT2D eigenvalue weighted by Gasteiger charge is 2.38. The number of nitrogens with zero attached hydrogens (tertiary/aromatic N) is 6. The molecule has 3 aromatic heterocycles. The van der Waals surface area contributed by atoms with E-state index in [0.29, 0.717) is 53.7 Å². The Morgan fingerprint density at radius 3 is 2.84 bits per heavy atom. The number of rotatable bonds is 3. The summed E-state index contributed by atoms with van der Waals surface area (Å²) >= 11 is 0. The van der Waals surface area contributed by atoms with Crippen LogP contribution in [-0.4, -0.2) is 37.3 Å². The molecule has 4 heterocycles. The molecule has 0 radical (unpaired) electrons. The Balaban J connectivity index is 1.66. The standard InChI is InChI=1S/C22H20FN7O2/c1-13-10-15-14(4-3-7-25-15)17(23)18(13)27-20-26-11-16-19(28-20)30(21(31)29(16)2)22(12-24)5-8-32-9-6-22/h3-4,7,10-11H,5-6,8-9H2,1-2H3,(H,26,27,28). The van der Waals surface area contributed by atoms with Gasteiger partial charge < -0.3 is 10.1 Å². The van der Waals surface area contributed by atoms with Crippen LogP contribution in [0.25, 0.3) is 22.1 Å². The Hall–Kier alpha value is -3.84. The molecule has 9 nitrogen and oxygen atoms in total. The third-order valence-corrected chi connectivity index (χ3v) is 6.04. The molecule has 0 aliphatic carbocycles. The van der Waals surface area contributed by atoms with E-state index in [-0.39, 0.29) is 17.3 Å². The first-order chi connectivity index (χ1) is 15.4. The van der Waals surface area contributed by atoms with Gasteiger partial charge in [-0.1, -0.05) is 0 Å². The fraction of sp³-hybridized carbons (Fsp3) is 0.318. The number of aryl methyl sites for hydroxylation is 2. The molecule has 5 rings (SSSR count). The minimum absolute atomic E-state index is 0.127. The summed E-state index contributed by atoms with van der Waals surface area (Å²) in [7, 11) is 1.61. The highest BCUT2D eigenvalue weighted by Crippen LogP contribution is 2.32. The highest BCUT2D eigenvalue weighted by molar-refractivity contribution is 5.86. The summed E-state index contributed by atoms with van der Waals surface area (Å²) < 4.78 is 23.5. The number of benzene rings is 1. The predicted molar refractivity (Wildman–Crippen MR) is 116 cm³/mol. The summed E-state index contributed by atoms with van der Waals surface area (Å²) in [6.45, 7) is 2.52. The number of aromatic nitrogens is 5. The normalized spacial score (nSPS) is 15.7. The molecular weight excluding hydrogens is 413 g/mol. The summed E-state index contributed by atoms with van der Waals surface area (Å²) in [5.41, 5.74) is 0.818. The summed E-state index contributed by atoms with van der Waals surface area (Å²) in [5.74, 6) is -0.331. The van der Waals surface area contributed by atoms with Gasteiger partial charge in [-0.25, -0.2) is 14.2 Å². The molecule has 1 N–H and O–H groups in total. The van der Waals surface area contributed by atoms with E-state index in [1.54, 1.807) is 38.4 Å². The van der Waals surface area contributed by atoms with Gasteiger partial charge in [-0.3, -0.25) is 14.1 Å². The third-order valence-electron chi connectivity index (χ3n) is 6.04. The van der Waals surface area contributed by atoms with Gasteiger partial charge in [0.15, 0.2) is 11.5 Å². The fourth-order valence-electron chi connectivity index (χ4n) is 4.22. The Morgan fingerprint density at radius 1 is 1.31 bits per heavy atom. The molecule has 0 spiro atoms. The van der Waals surface area contributed by atoms with Gasteiger partial charge in [0.2, 0.25) is 5.95 Å². The highest BCUT2D eigenvalue weighted by atomic mass is 19.1. The van der Waals surface area contributed by atoms with Gasteiger partial charge in [-0.15, -0.1) is 0 Å². The Kier molecular flexibility index (Phi) is 4.64. The van der Waals surface area contributed by atoms with Crippen LogP contribution < -0.4 is 11.0 Å². The number of ether oxygens (including phenoxy) is 1. The number of anilines is 2. The molecule has 0 amide bonds. The van der Waals surface area contributed by atoms with Crippen LogP contribution in [0.5, 0.6) is 0 Å². The summed E-state index contributed by atoms with van der Waals surface area (Å²) in [4.78, 5) is 26.1. The lowest BCUT2D eigenvalue weighted by molar-refractivity contribution is 0.0448. The second-order valence-corrected chi connectivity index (χ2v) is 7.91. The molecule has 162 valence electrons. The van der Waals surface area contributed by atoms with Crippen molar-refractivity contribution in [3.8, 4) is 6.07 Å². The number of hydrogen-bond acceptors (Lipinski definition) is 7. The van der Waals surface area contributed by atoms with Crippen LogP contribution >= 0.6 is 0 Å². The maximum atomic E-state index is 15.2. The van der Waals surface area contributed by atoms with Gasteiger partial charge in [0.05, 0.1) is 23.5 Å². The van der Waals surface area contributed by atoms with Crippen LogP contribution in [0.1, 0.15) is 18.4 Å². The SMILES string of the molecule is Cc1cc2ncccc2c(F)c1Nc1ncc2c(n1)n(C1(C#N)CCOCC1)c(=O)n2C. The first-order valence-corrected chi connectivity index (χ1v) is 10.2. The average molecular weight is 433 g/mol. The van der Waals surface area contributed by atoms with Crippen LogP contribution in [0, 0.1) is 24.1 Å². The van der Waals surface area contributed by atoms with Crippen molar-refractivity contribution < 1.29 is 9.13 Å². The van der Waals surface area contributed by atoms with E-state index >= 15 is 4.39 Å². The van der Waals surface area contributed by atoms with E-state index in [1.807, 2.05) is 0 Å². The number of halogens is 1. The lowest BCUT2D eigenvalue weighted by Crippen LogP contribution is -2.44. The molecule has 1 fully saturated rings. The molecule has 0 unspecified atom stereocenters.